The van der Waals surface area contributed by atoms with E-state index in [0.717, 1.165) is 21.4 Å². The standard InChI is InChI=1S/C31H35N7O10S2/c1-5-46-30(42)36-13-7-8-21(38(36)31(43)47-6-2)19-15-49-27-23(34-25(39)22(35-45-4)20-16-50-29(32)33-20)26(40)37(27)24(19)28(41)48-14-17-9-11-18(44-3)12-10-17/h7-12,16,21,23,27H,5-6,13-15H2,1-4H3,(H2,32,33)(H,34,39)/b35-22-/t21?,23-,27-/m1/s1. The van der Waals surface area contributed by atoms with Gasteiger partial charge in [-0.15, -0.1) is 23.1 Å². The van der Waals surface area contributed by atoms with E-state index >= 15 is 0 Å². The zero-order valence-corrected chi connectivity index (χ0v) is 29.2. The van der Waals surface area contributed by atoms with Gasteiger partial charge in [0.15, 0.2) is 10.8 Å². The molecular weight excluding hydrogens is 695 g/mol. The third-order valence-electron chi connectivity index (χ3n) is 7.58. The van der Waals surface area contributed by atoms with Crippen LogP contribution in [-0.2, 0) is 40.0 Å². The molecule has 0 spiro atoms. The summed E-state index contributed by atoms with van der Waals surface area (Å²) in [4.78, 5) is 77.6. The molecule has 19 heteroatoms. The minimum absolute atomic E-state index is 0.00289. The number of hydrogen-bond donors (Lipinski definition) is 2. The topological polar surface area (TPSA) is 205 Å². The van der Waals surface area contributed by atoms with Gasteiger partial charge in [0.25, 0.3) is 11.8 Å². The van der Waals surface area contributed by atoms with E-state index in [2.05, 4.69) is 15.5 Å². The number of nitrogen functional groups attached to an aromatic ring is 1. The number of fused-ring (bicyclic) bond motifs is 1. The minimum atomic E-state index is -1.07. The molecule has 5 rings (SSSR count). The van der Waals surface area contributed by atoms with Crippen molar-refractivity contribution in [2.24, 2.45) is 5.16 Å². The number of hydrazine groups is 1. The molecule has 3 atom stereocenters. The molecule has 1 saturated heterocycles. The Labute approximate surface area is 294 Å². The average molecular weight is 730 g/mol. The number of anilines is 1. The zero-order valence-electron chi connectivity index (χ0n) is 27.5. The fourth-order valence-corrected chi connectivity index (χ4v) is 7.28. The molecule has 4 amide bonds. The van der Waals surface area contributed by atoms with Crippen molar-refractivity contribution >= 4 is 63.9 Å². The highest BCUT2D eigenvalue weighted by atomic mass is 32.2. The van der Waals surface area contributed by atoms with E-state index in [4.69, 9.17) is 29.5 Å². The summed E-state index contributed by atoms with van der Waals surface area (Å²) in [5.74, 6) is -1.52. The number of ether oxygens (including phenoxy) is 4. The molecule has 17 nitrogen and oxygen atoms in total. The van der Waals surface area contributed by atoms with Crippen LogP contribution in [0.25, 0.3) is 0 Å². The number of aromatic nitrogens is 1. The van der Waals surface area contributed by atoms with Crippen LogP contribution in [0, 0.1) is 0 Å². The van der Waals surface area contributed by atoms with Crippen molar-refractivity contribution in [1.29, 1.82) is 0 Å². The molecule has 1 fully saturated rings. The molecule has 266 valence electrons. The van der Waals surface area contributed by atoms with E-state index in [1.54, 1.807) is 50.3 Å². The van der Waals surface area contributed by atoms with Crippen molar-refractivity contribution in [2.75, 3.05) is 45.5 Å². The monoisotopic (exact) mass is 729 g/mol. The van der Waals surface area contributed by atoms with E-state index in [-0.39, 0.29) is 54.4 Å². The van der Waals surface area contributed by atoms with Crippen LogP contribution < -0.4 is 15.8 Å². The van der Waals surface area contributed by atoms with Crippen LogP contribution in [-0.4, -0.2) is 113 Å². The van der Waals surface area contributed by atoms with E-state index in [0.29, 0.717) is 16.9 Å². The fourth-order valence-electron chi connectivity index (χ4n) is 5.33. The van der Waals surface area contributed by atoms with E-state index in [9.17, 15) is 24.0 Å². The largest absolute Gasteiger partial charge is 0.497 e. The van der Waals surface area contributed by atoms with E-state index in [1.165, 1.54) is 36.3 Å². The normalized spacial score (nSPS) is 20.1. The molecule has 0 radical (unpaired) electrons. The number of hydrogen-bond acceptors (Lipinski definition) is 15. The second-order valence-electron chi connectivity index (χ2n) is 10.5. The number of thiazole rings is 1. The summed E-state index contributed by atoms with van der Waals surface area (Å²) in [5, 5.41) is 9.56. The second kappa shape index (κ2) is 15.9. The van der Waals surface area contributed by atoms with Gasteiger partial charge in [0, 0.05) is 11.1 Å². The summed E-state index contributed by atoms with van der Waals surface area (Å²) in [7, 11) is 2.79. The van der Waals surface area contributed by atoms with Gasteiger partial charge < -0.3 is 34.8 Å². The van der Waals surface area contributed by atoms with Crippen LogP contribution in [0.2, 0.25) is 0 Å². The Morgan fingerprint density at radius 2 is 1.78 bits per heavy atom. The quantitative estimate of drug-likeness (QED) is 0.0852. The predicted molar refractivity (Wildman–Crippen MR) is 180 cm³/mol. The summed E-state index contributed by atoms with van der Waals surface area (Å²) in [6.45, 7) is 3.13. The summed E-state index contributed by atoms with van der Waals surface area (Å²) in [6, 6.07) is 4.75. The van der Waals surface area contributed by atoms with Crippen molar-refractivity contribution in [2.45, 2.75) is 37.9 Å². The van der Waals surface area contributed by atoms with Gasteiger partial charge in [0.1, 0.15) is 42.3 Å². The summed E-state index contributed by atoms with van der Waals surface area (Å²) in [5.41, 5.74) is 6.51. The van der Waals surface area contributed by atoms with Crippen LogP contribution in [0.5, 0.6) is 5.75 Å². The lowest BCUT2D eigenvalue weighted by atomic mass is 9.97. The number of nitrogens with one attached hydrogen (secondary N) is 1. The Bertz CT molecular complexity index is 1730. The highest BCUT2D eigenvalue weighted by molar-refractivity contribution is 8.00. The SMILES string of the molecule is CCOC(=O)N1CC=CC(C2=C(C(=O)OCc3ccc(OC)cc3)N3C(=O)[C@@H](NC(=O)/C(=N\OC)c4csc(N)n4)[C@H]3SC2)N1C(=O)OCC. The van der Waals surface area contributed by atoms with Gasteiger partial charge in [-0.1, -0.05) is 29.4 Å². The fraction of sp³-hybridized carbons (Fsp3) is 0.387. The summed E-state index contributed by atoms with van der Waals surface area (Å²) >= 11 is 2.34. The lowest BCUT2D eigenvalue weighted by molar-refractivity contribution is -0.153. The Morgan fingerprint density at radius 1 is 1.06 bits per heavy atom. The number of carbonyl (C=O) groups is 5. The molecule has 3 N–H and O–H groups in total. The first kappa shape index (κ1) is 36.0. The summed E-state index contributed by atoms with van der Waals surface area (Å²) < 4.78 is 21.4. The molecular formula is C31H35N7O10S2. The Morgan fingerprint density at radius 3 is 2.42 bits per heavy atom. The van der Waals surface area contributed by atoms with Gasteiger partial charge in [-0.25, -0.2) is 29.4 Å². The number of nitrogens with two attached hydrogens (primary N) is 1. The summed E-state index contributed by atoms with van der Waals surface area (Å²) in [6.07, 6.45) is 1.60. The number of oxime groups is 1. The number of methoxy groups -OCH3 is 1. The van der Waals surface area contributed by atoms with Crippen molar-refractivity contribution in [3.8, 4) is 5.75 Å². The van der Waals surface area contributed by atoms with Crippen LogP contribution in [0.3, 0.4) is 0 Å². The van der Waals surface area contributed by atoms with Crippen molar-refractivity contribution in [3.63, 3.8) is 0 Å². The molecule has 3 aliphatic rings. The maximum Gasteiger partial charge on any atom is 0.429 e. The number of thioether (sulfide) groups is 1. The zero-order chi connectivity index (χ0) is 35.9. The first-order valence-electron chi connectivity index (χ1n) is 15.3. The Kier molecular flexibility index (Phi) is 11.5. The highest BCUT2D eigenvalue weighted by Crippen LogP contribution is 2.43. The van der Waals surface area contributed by atoms with Crippen LogP contribution in [0.15, 0.2) is 58.2 Å². The maximum absolute atomic E-state index is 14.0. The smallest absolute Gasteiger partial charge is 0.429 e. The van der Waals surface area contributed by atoms with Crippen LogP contribution in [0.1, 0.15) is 25.1 Å². The molecule has 1 aromatic heterocycles. The number of β-lactam (4-membered cyclic amide) rings is 1. The van der Waals surface area contributed by atoms with Crippen LogP contribution in [0.4, 0.5) is 14.7 Å². The van der Waals surface area contributed by atoms with Crippen molar-refractivity contribution in [1.82, 2.24) is 25.2 Å². The number of nitrogens with zero attached hydrogens (tertiary/aromatic N) is 5. The second-order valence-corrected chi connectivity index (χ2v) is 12.5. The molecule has 0 aliphatic carbocycles. The first-order chi connectivity index (χ1) is 24.1. The van der Waals surface area contributed by atoms with Gasteiger partial charge in [-0.05, 0) is 37.1 Å². The lowest BCUT2D eigenvalue weighted by Crippen LogP contribution is -2.71. The third-order valence-corrected chi connectivity index (χ3v) is 9.56. The minimum Gasteiger partial charge on any atom is -0.497 e. The maximum atomic E-state index is 14.0. The average Bonchev–Trinajstić information content (AvgIpc) is 3.56. The van der Waals surface area contributed by atoms with E-state index in [1.807, 2.05) is 0 Å². The molecule has 0 bridgehead atoms. The van der Waals surface area contributed by atoms with Gasteiger partial charge >= 0.3 is 18.2 Å². The molecule has 4 heterocycles. The molecule has 0 saturated carbocycles. The van der Waals surface area contributed by atoms with Crippen molar-refractivity contribution < 1.29 is 47.8 Å². The van der Waals surface area contributed by atoms with Gasteiger partial charge in [-0.2, -0.15) is 0 Å². The van der Waals surface area contributed by atoms with Crippen LogP contribution >= 0.6 is 23.1 Å². The Balaban J connectivity index is 1.49. The number of esters is 1. The van der Waals surface area contributed by atoms with Gasteiger partial charge in [-0.3, -0.25) is 14.5 Å². The lowest BCUT2D eigenvalue weighted by Gasteiger charge is -2.51. The number of benzene rings is 1. The van der Waals surface area contributed by atoms with Gasteiger partial charge in [0.05, 0.1) is 32.9 Å². The van der Waals surface area contributed by atoms with Gasteiger partial charge in [0.2, 0.25) is 0 Å². The number of carbonyl (C=O) groups excluding carboxylic acids is 5. The van der Waals surface area contributed by atoms with Crippen molar-refractivity contribution in [3.05, 3.63) is 64.3 Å². The molecule has 50 heavy (non-hydrogen) atoms. The number of amides is 4. The van der Waals surface area contributed by atoms with E-state index < -0.39 is 47.4 Å². The molecule has 3 aliphatic heterocycles. The molecule has 1 unspecified atom stereocenters. The molecule has 2 aromatic rings. The Hall–Kier alpha value is -5.30. The number of rotatable bonds is 11. The third kappa shape index (κ3) is 7.32. The highest BCUT2D eigenvalue weighted by Gasteiger charge is 2.56. The molecule has 1 aromatic carbocycles. The predicted octanol–water partition coefficient (Wildman–Crippen LogP) is 2.25. The first-order valence-corrected chi connectivity index (χ1v) is 17.2.